The van der Waals surface area contributed by atoms with Gasteiger partial charge in [-0.05, 0) is 96.6 Å². The van der Waals surface area contributed by atoms with E-state index >= 15 is 0 Å². The zero-order chi connectivity index (χ0) is 24.8. The van der Waals surface area contributed by atoms with Crippen LogP contribution < -0.4 is 4.74 Å². The fourth-order valence-electron chi connectivity index (χ4n) is 4.39. The van der Waals surface area contributed by atoms with Gasteiger partial charge in [0.1, 0.15) is 5.75 Å². The van der Waals surface area contributed by atoms with E-state index in [4.69, 9.17) is 4.74 Å². The van der Waals surface area contributed by atoms with Gasteiger partial charge in [0.05, 0.1) is 11.1 Å². The van der Waals surface area contributed by atoms with Gasteiger partial charge in [-0.1, -0.05) is 42.0 Å². The highest BCUT2D eigenvalue weighted by molar-refractivity contribution is 5.89. The van der Waals surface area contributed by atoms with E-state index in [1.165, 1.54) is 24.6 Å². The molecular formula is C28H23F5O. The molecule has 0 spiro atoms. The average Bonchev–Trinajstić information content (AvgIpc) is 2.73. The van der Waals surface area contributed by atoms with Crippen LogP contribution >= 0.6 is 0 Å². The van der Waals surface area contributed by atoms with Gasteiger partial charge in [-0.2, -0.15) is 22.0 Å². The fourth-order valence-corrected chi connectivity index (χ4v) is 4.39. The Hall–Kier alpha value is -3.41. The molecule has 1 nitrogen and oxygen atoms in total. The van der Waals surface area contributed by atoms with E-state index in [2.05, 4.69) is 12.1 Å². The first kappa shape index (κ1) is 23.7. The Kier molecular flexibility index (Phi) is 5.88. The van der Waals surface area contributed by atoms with E-state index < -0.39 is 29.2 Å². The number of ether oxygens (including phenoxy) is 1. The SMILES string of the molecule is Cc1cc(C)c(-c2ccc3cc(C(F)(F)Oc4ccc(C)c(C(F)(F)F)c4)ccc3c2)c(C)c1. The summed E-state index contributed by atoms with van der Waals surface area (Å²) >= 11 is 0. The second kappa shape index (κ2) is 8.42. The zero-order valence-corrected chi connectivity index (χ0v) is 19.1. The minimum atomic E-state index is -4.66. The van der Waals surface area contributed by atoms with Gasteiger partial charge in [0.25, 0.3) is 0 Å². The molecule has 0 aromatic heterocycles. The summed E-state index contributed by atoms with van der Waals surface area (Å²) in [5, 5.41) is 1.35. The van der Waals surface area contributed by atoms with Crippen LogP contribution in [0, 0.1) is 27.7 Å². The molecule has 176 valence electrons. The van der Waals surface area contributed by atoms with Crippen molar-refractivity contribution < 1.29 is 26.7 Å². The van der Waals surface area contributed by atoms with E-state index in [9.17, 15) is 22.0 Å². The lowest BCUT2D eigenvalue weighted by atomic mass is 9.92. The minimum Gasteiger partial charge on any atom is -0.429 e. The van der Waals surface area contributed by atoms with Gasteiger partial charge >= 0.3 is 12.3 Å². The molecule has 34 heavy (non-hydrogen) atoms. The first-order chi connectivity index (χ1) is 15.8. The summed E-state index contributed by atoms with van der Waals surface area (Å²) < 4.78 is 73.9. The van der Waals surface area contributed by atoms with Gasteiger partial charge < -0.3 is 4.74 Å². The Balaban J connectivity index is 1.67. The highest BCUT2D eigenvalue weighted by atomic mass is 19.4. The maximum absolute atomic E-state index is 14.9. The predicted octanol–water partition coefficient (Wildman–Crippen LogP) is 8.89. The lowest BCUT2D eigenvalue weighted by molar-refractivity contribution is -0.186. The summed E-state index contributed by atoms with van der Waals surface area (Å²) in [4.78, 5) is 0. The summed E-state index contributed by atoms with van der Waals surface area (Å²) in [6.07, 6.45) is -8.47. The molecule has 4 aromatic carbocycles. The number of aryl methyl sites for hydroxylation is 4. The van der Waals surface area contributed by atoms with Crippen molar-refractivity contribution in [2.45, 2.75) is 40.0 Å². The van der Waals surface area contributed by atoms with Crippen molar-refractivity contribution in [3.05, 3.63) is 100 Å². The molecule has 4 rings (SSSR count). The van der Waals surface area contributed by atoms with Gasteiger partial charge in [0, 0.05) is 0 Å². The van der Waals surface area contributed by atoms with Crippen molar-refractivity contribution in [3.63, 3.8) is 0 Å². The van der Waals surface area contributed by atoms with Gasteiger partial charge in [-0.3, -0.25) is 0 Å². The smallest absolute Gasteiger partial charge is 0.426 e. The fraction of sp³-hybridized carbons (Fsp3) is 0.214. The van der Waals surface area contributed by atoms with Crippen molar-refractivity contribution in [2.75, 3.05) is 0 Å². The van der Waals surface area contributed by atoms with Crippen LogP contribution in [-0.2, 0) is 12.3 Å². The topological polar surface area (TPSA) is 9.23 Å². The molecule has 0 aliphatic carbocycles. The number of benzene rings is 4. The van der Waals surface area contributed by atoms with Gasteiger partial charge in [-0.25, -0.2) is 0 Å². The molecule has 4 aromatic rings. The molecule has 0 saturated heterocycles. The van der Waals surface area contributed by atoms with Crippen molar-refractivity contribution >= 4 is 10.8 Å². The van der Waals surface area contributed by atoms with Crippen LogP contribution in [0.3, 0.4) is 0 Å². The summed E-state index contributed by atoms with van der Waals surface area (Å²) in [5.41, 5.74) is 4.00. The first-order valence-electron chi connectivity index (χ1n) is 10.7. The molecule has 0 aliphatic rings. The largest absolute Gasteiger partial charge is 0.429 e. The zero-order valence-electron chi connectivity index (χ0n) is 19.1. The molecule has 0 saturated carbocycles. The Labute approximate surface area is 194 Å². The van der Waals surface area contributed by atoms with Crippen LogP contribution in [0.1, 0.15) is 33.4 Å². The highest BCUT2D eigenvalue weighted by Gasteiger charge is 2.37. The predicted molar refractivity (Wildman–Crippen MR) is 124 cm³/mol. The quantitative estimate of drug-likeness (QED) is 0.271. The van der Waals surface area contributed by atoms with E-state index in [0.717, 1.165) is 39.8 Å². The molecule has 0 fully saturated rings. The summed E-state index contributed by atoms with van der Waals surface area (Å²) in [5.74, 6) is -0.552. The van der Waals surface area contributed by atoms with Crippen LogP contribution in [0.2, 0.25) is 0 Å². The molecule has 0 radical (unpaired) electrons. The molecule has 0 aliphatic heterocycles. The van der Waals surface area contributed by atoms with E-state index in [-0.39, 0.29) is 5.56 Å². The number of hydrogen-bond acceptors (Lipinski definition) is 1. The number of rotatable bonds is 4. The molecule has 0 bridgehead atoms. The maximum Gasteiger partial charge on any atom is 0.426 e. The third-order valence-electron chi connectivity index (χ3n) is 5.90. The molecule has 0 N–H and O–H groups in total. The van der Waals surface area contributed by atoms with E-state index in [1.54, 1.807) is 12.1 Å². The lowest BCUT2D eigenvalue weighted by Gasteiger charge is -2.20. The number of halogens is 5. The van der Waals surface area contributed by atoms with Crippen LogP contribution in [0.4, 0.5) is 22.0 Å². The van der Waals surface area contributed by atoms with E-state index in [1.807, 2.05) is 32.9 Å². The van der Waals surface area contributed by atoms with Crippen LogP contribution in [0.25, 0.3) is 21.9 Å². The molecular weight excluding hydrogens is 447 g/mol. The third kappa shape index (κ3) is 4.63. The lowest BCUT2D eigenvalue weighted by Crippen LogP contribution is -2.22. The second-order valence-electron chi connectivity index (χ2n) is 8.64. The number of alkyl halides is 5. The van der Waals surface area contributed by atoms with Crippen molar-refractivity contribution in [3.8, 4) is 16.9 Å². The normalized spacial score (nSPS) is 12.3. The Bertz CT molecular complexity index is 1360. The Morgan fingerprint density at radius 2 is 1.24 bits per heavy atom. The van der Waals surface area contributed by atoms with E-state index in [0.29, 0.717) is 11.5 Å². The average molecular weight is 470 g/mol. The highest BCUT2D eigenvalue weighted by Crippen LogP contribution is 2.38. The standard InChI is InChI=1S/C28H23F5O/c1-16-11-18(3)26(19(4)12-16)22-7-6-21-14-23(9-8-20(21)13-22)28(32,33)34-24-10-5-17(2)25(15-24)27(29,30)31/h5-15H,1-4H3. The molecule has 6 heteroatoms. The summed E-state index contributed by atoms with van der Waals surface area (Å²) in [7, 11) is 0. The molecule has 0 atom stereocenters. The summed E-state index contributed by atoms with van der Waals surface area (Å²) in [6.45, 7) is 7.38. The number of hydrogen-bond donors (Lipinski definition) is 0. The van der Waals surface area contributed by atoms with Gasteiger partial charge in [0.2, 0.25) is 0 Å². The molecule has 0 heterocycles. The van der Waals surface area contributed by atoms with Crippen molar-refractivity contribution in [1.82, 2.24) is 0 Å². The Morgan fingerprint density at radius 1 is 0.618 bits per heavy atom. The summed E-state index contributed by atoms with van der Waals surface area (Å²) in [6, 6.07) is 16.7. The third-order valence-corrected chi connectivity index (χ3v) is 5.90. The van der Waals surface area contributed by atoms with Crippen molar-refractivity contribution in [1.29, 1.82) is 0 Å². The second-order valence-corrected chi connectivity index (χ2v) is 8.64. The van der Waals surface area contributed by atoms with Crippen LogP contribution in [0.15, 0.2) is 66.7 Å². The minimum absolute atomic E-state index is 0.0660. The molecule has 0 unspecified atom stereocenters. The van der Waals surface area contributed by atoms with Crippen LogP contribution in [-0.4, -0.2) is 0 Å². The van der Waals surface area contributed by atoms with Gasteiger partial charge in [0.15, 0.2) is 0 Å². The monoisotopic (exact) mass is 470 g/mol. The Morgan fingerprint density at radius 3 is 1.88 bits per heavy atom. The molecule has 0 amide bonds. The maximum atomic E-state index is 14.9. The first-order valence-corrected chi connectivity index (χ1v) is 10.7. The van der Waals surface area contributed by atoms with Gasteiger partial charge in [-0.15, -0.1) is 0 Å². The van der Waals surface area contributed by atoms with Crippen molar-refractivity contribution in [2.24, 2.45) is 0 Å². The number of fused-ring (bicyclic) bond motifs is 1. The van der Waals surface area contributed by atoms with Crippen LogP contribution in [0.5, 0.6) is 5.75 Å².